The van der Waals surface area contributed by atoms with Crippen molar-refractivity contribution in [3.05, 3.63) is 29.8 Å². The van der Waals surface area contributed by atoms with Crippen LogP contribution in [0.25, 0.3) is 0 Å². The smallest absolute Gasteiger partial charge is 0.119 e. The molecule has 0 aliphatic rings. The van der Waals surface area contributed by atoms with Gasteiger partial charge < -0.3 is 10.1 Å². The zero-order chi connectivity index (χ0) is 14.1. The molecule has 2 heteroatoms. The summed E-state index contributed by atoms with van der Waals surface area (Å²) >= 11 is 0. The second kappa shape index (κ2) is 8.98. The Morgan fingerprint density at radius 2 is 1.63 bits per heavy atom. The van der Waals surface area contributed by atoms with Crippen molar-refractivity contribution in [2.75, 3.05) is 6.54 Å². The summed E-state index contributed by atoms with van der Waals surface area (Å²) in [6, 6.07) is 9.13. The van der Waals surface area contributed by atoms with Crippen LogP contribution in [0.5, 0.6) is 5.75 Å². The topological polar surface area (TPSA) is 21.3 Å². The summed E-state index contributed by atoms with van der Waals surface area (Å²) in [5, 5.41) is 3.45. The third-order valence-corrected chi connectivity index (χ3v) is 2.99. The highest BCUT2D eigenvalue weighted by molar-refractivity contribution is 5.27. The van der Waals surface area contributed by atoms with E-state index in [1.807, 2.05) is 0 Å². The number of hydrogen-bond donors (Lipinski definition) is 1. The maximum absolute atomic E-state index is 5.64. The van der Waals surface area contributed by atoms with Crippen LogP contribution in [-0.4, -0.2) is 18.7 Å². The highest BCUT2D eigenvalue weighted by Gasteiger charge is 1.98. The molecule has 2 nitrogen and oxygen atoms in total. The summed E-state index contributed by atoms with van der Waals surface area (Å²) in [6.45, 7) is 9.64. The van der Waals surface area contributed by atoms with Crippen LogP contribution in [0.15, 0.2) is 24.3 Å². The molecule has 1 aromatic carbocycles. The van der Waals surface area contributed by atoms with Crippen molar-refractivity contribution in [2.45, 2.75) is 65.5 Å². The van der Waals surface area contributed by atoms with E-state index in [2.05, 4.69) is 57.3 Å². The molecule has 0 amide bonds. The first-order valence-corrected chi connectivity index (χ1v) is 7.57. The fraction of sp³-hybridized carbons (Fsp3) is 0.647. The largest absolute Gasteiger partial charge is 0.491 e. The van der Waals surface area contributed by atoms with Gasteiger partial charge in [0, 0.05) is 6.04 Å². The van der Waals surface area contributed by atoms with Crippen LogP contribution < -0.4 is 10.1 Å². The number of benzene rings is 1. The minimum atomic E-state index is 0.249. The Kier molecular flexibility index (Phi) is 7.57. The molecular weight excluding hydrogens is 234 g/mol. The first-order chi connectivity index (χ1) is 9.08. The van der Waals surface area contributed by atoms with Crippen LogP contribution >= 0.6 is 0 Å². The van der Waals surface area contributed by atoms with E-state index < -0.39 is 0 Å². The van der Waals surface area contributed by atoms with Crippen molar-refractivity contribution in [3.63, 3.8) is 0 Å². The lowest BCUT2D eigenvalue weighted by Crippen LogP contribution is -2.23. The normalized spacial score (nSPS) is 11.3. The van der Waals surface area contributed by atoms with Crippen molar-refractivity contribution < 1.29 is 4.74 Å². The highest BCUT2D eigenvalue weighted by Crippen LogP contribution is 2.15. The summed E-state index contributed by atoms with van der Waals surface area (Å²) < 4.78 is 5.64. The molecule has 1 rings (SSSR count). The van der Waals surface area contributed by atoms with Gasteiger partial charge in [-0.15, -0.1) is 0 Å². The Morgan fingerprint density at radius 3 is 2.21 bits per heavy atom. The predicted molar refractivity (Wildman–Crippen MR) is 82.9 cm³/mol. The fourth-order valence-corrected chi connectivity index (χ4v) is 2.03. The second-order valence-corrected chi connectivity index (χ2v) is 5.73. The minimum Gasteiger partial charge on any atom is -0.491 e. The molecule has 0 aliphatic carbocycles. The third kappa shape index (κ3) is 7.89. The maximum atomic E-state index is 5.64. The van der Waals surface area contributed by atoms with Crippen molar-refractivity contribution in [1.82, 2.24) is 5.32 Å². The summed E-state index contributed by atoms with van der Waals surface area (Å²) in [4.78, 5) is 0. The third-order valence-electron chi connectivity index (χ3n) is 2.99. The Balaban J connectivity index is 2.16. The number of hydrogen-bond acceptors (Lipinski definition) is 2. The molecule has 1 N–H and O–H groups in total. The van der Waals surface area contributed by atoms with Gasteiger partial charge in [-0.3, -0.25) is 0 Å². The van der Waals surface area contributed by atoms with Gasteiger partial charge in [0.25, 0.3) is 0 Å². The summed E-state index contributed by atoms with van der Waals surface area (Å²) in [6.07, 6.45) is 5.25. The first kappa shape index (κ1) is 16.0. The molecule has 0 heterocycles. The molecule has 0 atom stereocenters. The van der Waals surface area contributed by atoms with Crippen molar-refractivity contribution in [3.8, 4) is 5.75 Å². The molecule has 108 valence electrons. The van der Waals surface area contributed by atoms with Crippen molar-refractivity contribution in [2.24, 2.45) is 0 Å². The number of nitrogens with one attached hydrogen (secondary N) is 1. The zero-order valence-corrected chi connectivity index (χ0v) is 12.9. The van der Waals surface area contributed by atoms with E-state index in [0.717, 1.165) is 12.3 Å². The Morgan fingerprint density at radius 1 is 0.947 bits per heavy atom. The molecule has 0 unspecified atom stereocenters. The number of ether oxygens (including phenoxy) is 1. The predicted octanol–water partition coefficient (Wildman–Crippen LogP) is 4.18. The molecule has 0 aliphatic heterocycles. The van der Waals surface area contributed by atoms with Gasteiger partial charge in [-0.2, -0.15) is 0 Å². The van der Waals surface area contributed by atoms with E-state index in [-0.39, 0.29) is 6.10 Å². The van der Waals surface area contributed by atoms with Crippen LogP contribution in [0.4, 0.5) is 0 Å². The van der Waals surface area contributed by atoms with Gasteiger partial charge in [0.15, 0.2) is 0 Å². The second-order valence-electron chi connectivity index (χ2n) is 5.73. The average molecular weight is 263 g/mol. The fourth-order valence-electron chi connectivity index (χ4n) is 2.03. The average Bonchev–Trinajstić information content (AvgIpc) is 2.34. The molecule has 0 saturated carbocycles. The monoisotopic (exact) mass is 263 g/mol. The standard InChI is InChI=1S/C17H29NO/c1-14(2)18-13-7-5-6-8-16-9-11-17(12-10-16)19-15(3)4/h9-12,14-15,18H,5-8,13H2,1-4H3. The van der Waals surface area contributed by atoms with Gasteiger partial charge in [-0.05, 0) is 57.4 Å². The van der Waals surface area contributed by atoms with Crippen molar-refractivity contribution >= 4 is 0 Å². The van der Waals surface area contributed by atoms with E-state index in [0.29, 0.717) is 6.04 Å². The molecule has 0 fully saturated rings. The van der Waals surface area contributed by atoms with Gasteiger partial charge in [0.05, 0.1) is 6.10 Å². The molecule has 0 bridgehead atoms. The molecule has 0 saturated heterocycles. The lowest BCUT2D eigenvalue weighted by molar-refractivity contribution is 0.242. The number of unbranched alkanes of at least 4 members (excludes halogenated alkanes) is 2. The SMILES string of the molecule is CC(C)NCCCCCc1ccc(OC(C)C)cc1. The molecule has 0 aromatic heterocycles. The van der Waals surface area contributed by atoms with E-state index in [4.69, 9.17) is 4.74 Å². The van der Waals surface area contributed by atoms with Gasteiger partial charge >= 0.3 is 0 Å². The Hall–Kier alpha value is -1.02. The van der Waals surface area contributed by atoms with E-state index in [9.17, 15) is 0 Å². The summed E-state index contributed by atoms with van der Waals surface area (Å²) in [7, 11) is 0. The van der Waals surface area contributed by atoms with E-state index in [1.165, 1.54) is 31.2 Å². The van der Waals surface area contributed by atoms with Crippen LogP contribution in [0.3, 0.4) is 0 Å². The number of rotatable bonds is 9. The van der Waals surface area contributed by atoms with Crippen LogP contribution in [-0.2, 0) is 6.42 Å². The van der Waals surface area contributed by atoms with Gasteiger partial charge in [0.2, 0.25) is 0 Å². The molecule has 19 heavy (non-hydrogen) atoms. The molecule has 0 spiro atoms. The first-order valence-electron chi connectivity index (χ1n) is 7.57. The van der Waals surface area contributed by atoms with Crippen molar-refractivity contribution in [1.29, 1.82) is 0 Å². The lowest BCUT2D eigenvalue weighted by Gasteiger charge is -2.10. The molecule has 1 aromatic rings. The maximum Gasteiger partial charge on any atom is 0.119 e. The molecule has 0 radical (unpaired) electrons. The Labute approximate surface area is 118 Å². The lowest BCUT2D eigenvalue weighted by atomic mass is 10.1. The zero-order valence-electron chi connectivity index (χ0n) is 12.9. The van der Waals surface area contributed by atoms with Gasteiger partial charge in [-0.25, -0.2) is 0 Å². The van der Waals surface area contributed by atoms with Gasteiger partial charge in [0.1, 0.15) is 5.75 Å². The summed E-state index contributed by atoms with van der Waals surface area (Å²) in [5.41, 5.74) is 1.41. The van der Waals surface area contributed by atoms with Crippen LogP contribution in [0, 0.1) is 0 Å². The van der Waals surface area contributed by atoms with Crippen LogP contribution in [0.1, 0.15) is 52.5 Å². The minimum absolute atomic E-state index is 0.249. The molecular formula is C17H29NO. The summed E-state index contributed by atoms with van der Waals surface area (Å²) in [5.74, 6) is 0.972. The number of aryl methyl sites for hydroxylation is 1. The quantitative estimate of drug-likeness (QED) is 0.675. The van der Waals surface area contributed by atoms with E-state index in [1.54, 1.807) is 0 Å². The Bertz CT molecular complexity index is 330. The van der Waals surface area contributed by atoms with Gasteiger partial charge in [-0.1, -0.05) is 32.4 Å². The van der Waals surface area contributed by atoms with E-state index >= 15 is 0 Å². The highest BCUT2D eigenvalue weighted by atomic mass is 16.5. The van der Waals surface area contributed by atoms with Crippen LogP contribution in [0.2, 0.25) is 0 Å².